The molecule has 0 unspecified atom stereocenters. The summed E-state index contributed by atoms with van der Waals surface area (Å²) < 4.78 is 0. The van der Waals surface area contributed by atoms with Crippen molar-refractivity contribution in [2.45, 2.75) is 25.7 Å². The van der Waals surface area contributed by atoms with Crippen molar-refractivity contribution in [3.8, 4) is 0 Å². The van der Waals surface area contributed by atoms with Gasteiger partial charge in [0.1, 0.15) is 0 Å². The highest BCUT2D eigenvalue weighted by molar-refractivity contribution is 7.12. The number of rotatable bonds is 5. The lowest BCUT2D eigenvalue weighted by molar-refractivity contribution is -0.137. The fourth-order valence-corrected chi connectivity index (χ4v) is 2.93. The largest absolute Gasteiger partial charge is 0.481 e. The third-order valence-corrected chi connectivity index (χ3v) is 3.89. The van der Waals surface area contributed by atoms with Crippen LogP contribution in [-0.2, 0) is 11.2 Å². The minimum absolute atomic E-state index is 0.108. The molecular formula is C12H15NO3S. The predicted molar refractivity (Wildman–Crippen MR) is 65.4 cm³/mol. The summed E-state index contributed by atoms with van der Waals surface area (Å²) in [5, 5.41) is 10.5. The van der Waals surface area contributed by atoms with Gasteiger partial charge in [0, 0.05) is 19.5 Å². The van der Waals surface area contributed by atoms with Gasteiger partial charge >= 0.3 is 5.97 Å². The molecule has 2 rings (SSSR count). The van der Waals surface area contributed by atoms with Crippen molar-refractivity contribution < 1.29 is 14.7 Å². The van der Waals surface area contributed by atoms with Crippen molar-refractivity contribution in [2.75, 3.05) is 13.1 Å². The summed E-state index contributed by atoms with van der Waals surface area (Å²) in [4.78, 5) is 25.1. The second-order valence-electron chi connectivity index (χ2n) is 4.17. The molecule has 1 aliphatic heterocycles. The van der Waals surface area contributed by atoms with Gasteiger partial charge in [0.25, 0.3) is 5.91 Å². The Balaban J connectivity index is 1.84. The summed E-state index contributed by atoms with van der Waals surface area (Å²) >= 11 is 1.50. The monoisotopic (exact) mass is 253 g/mol. The van der Waals surface area contributed by atoms with E-state index >= 15 is 0 Å². The Morgan fingerprint density at radius 3 is 3.06 bits per heavy atom. The molecule has 0 radical (unpaired) electrons. The Morgan fingerprint density at radius 1 is 1.47 bits per heavy atom. The van der Waals surface area contributed by atoms with E-state index in [1.165, 1.54) is 11.3 Å². The fourth-order valence-electron chi connectivity index (χ4n) is 2.01. The molecular weight excluding hydrogens is 238 g/mol. The van der Waals surface area contributed by atoms with Crippen molar-refractivity contribution >= 4 is 23.2 Å². The summed E-state index contributed by atoms with van der Waals surface area (Å²) in [6, 6.07) is 2.01. The number of nitrogens with zero attached hydrogens (tertiary/aromatic N) is 1. The zero-order valence-corrected chi connectivity index (χ0v) is 10.3. The van der Waals surface area contributed by atoms with Crippen LogP contribution in [0.3, 0.4) is 0 Å². The van der Waals surface area contributed by atoms with E-state index in [0.717, 1.165) is 29.8 Å². The smallest absolute Gasteiger partial charge is 0.303 e. The van der Waals surface area contributed by atoms with Gasteiger partial charge in [-0.3, -0.25) is 9.59 Å². The maximum Gasteiger partial charge on any atom is 0.303 e. The van der Waals surface area contributed by atoms with E-state index in [2.05, 4.69) is 0 Å². The number of amides is 1. The number of carboxylic acid groups (broad SMARTS) is 1. The summed E-state index contributed by atoms with van der Waals surface area (Å²) in [6.07, 6.45) is 2.50. The quantitative estimate of drug-likeness (QED) is 0.816. The lowest BCUT2D eigenvalue weighted by Crippen LogP contribution is -2.37. The van der Waals surface area contributed by atoms with Crippen LogP contribution in [0.25, 0.3) is 0 Å². The van der Waals surface area contributed by atoms with Crippen LogP contribution in [0.1, 0.15) is 34.5 Å². The normalized spacial score (nSPS) is 14.8. The number of carbonyl (C=O) groups is 2. The Bertz CT molecular complexity index is 427. The average molecular weight is 253 g/mol. The lowest BCUT2D eigenvalue weighted by Gasteiger charge is -2.26. The number of hydrogen-bond acceptors (Lipinski definition) is 3. The van der Waals surface area contributed by atoms with E-state index < -0.39 is 5.97 Å². The first-order valence-electron chi connectivity index (χ1n) is 5.76. The summed E-state index contributed by atoms with van der Waals surface area (Å²) in [5.74, 6) is -0.660. The van der Waals surface area contributed by atoms with Crippen LogP contribution >= 0.6 is 11.3 Å². The molecule has 0 aromatic carbocycles. The van der Waals surface area contributed by atoms with E-state index in [1.807, 2.05) is 16.3 Å². The van der Waals surface area contributed by atoms with Crippen LogP contribution in [0.2, 0.25) is 0 Å². The van der Waals surface area contributed by atoms with Crippen LogP contribution < -0.4 is 0 Å². The van der Waals surface area contributed by atoms with Crippen molar-refractivity contribution in [3.05, 3.63) is 21.9 Å². The molecule has 0 saturated carbocycles. The molecule has 5 heteroatoms. The van der Waals surface area contributed by atoms with E-state index in [0.29, 0.717) is 13.0 Å². The third-order valence-electron chi connectivity index (χ3n) is 2.95. The molecule has 1 aliphatic rings. The zero-order valence-electron chi connectivity index (χ0n) is 9.52. The first-order chi connectivity index (χ1) is 8.18. The van der Waals surface area contributed by atoms with Crippen LogP contribution in [-0.4, -0.2) is 35.0 Å². The number of aliphatic carboxylic acids is 1. The minimum atomic E-state index is -0.768. The second kappa shape index (κ2) is 5.31. The highest BCUT2D eigenvalue weighted by atomic mass is 32.1. The SMILES string of the molecule is O=C(O)CCCCN1CCc2ccsc2C1=O. The molecule has 2 heterocycles. The van der Waals surface area contributed by atoms with Gasteiger partial charge in [-0.2, -0.15) is 0 Å². The predicted octanol–water partition coefficient (Wildman–Crippen LogP) is 2.00. The van der Waals surface area contributed by atoms with E-state index in [4.69, 9.17) is 5.11 Å². The van der Waals surface area contributed by atoms with Gasteiger partial charge in [-0.05, 0) is 36.3 Å². The topological polar surface area (TPSA) is 57.6 Å². The van der Waals surface area contributed by atoms with Crippen molar-refractivity contribution in [3.63, 3.8) is 0 Å². The molecule has 1 amide bonds. The number of carboxylic acids is 1. The van der Waals surface area contributed by atoms with Crippen LogP contribution in [0.15, 0.2) is 11.4 Å². The standard InChI is InChI=1S/C12H15NO3S/c14-10(15)3-1-2-6-13-7-4-9-5-8-17-11(9)12(13)16/h5,8H,1-4,6-7H2,(H,14,15). The van der Waals surface area contributed by atoms with Crippen LogP contribution in [0, 0.1) is 0 Å². The van der Waals surface area contributed by atoms with Gasteiger partial charge in [-0.15, -0.1) is 11.3 Å². The molecule has 0 bridgehead atoms. The summed E-state index contributed by atoms with van der Waals surface area (Å²) in [5.41, 5.74) is 1.15. The molecule has 0 spiro atoms. The van der Waals surface area contributed by atoms with Gasteiger partial charge < -0.3 is 10.0 Å². The minimum Gasteiger partial charge on any atom is -0.481 e. The molecule has 0 fully saturated rings. The highest BCUT2D eigenvalue weighted by Gasteiger charge is 2.24. The molecule has 0 saturated heterocycles. The molecule has 1 N–H and O–H groups in total. The molecule has 0 atom stereocenters. The Morgan fingerprint density at radius 2 is 2.29 bits per heavy atom. The molecule has 17 heavy (non-hydrogen) atoms. The fraction of sp³-hybridized carbons (Fsp3) is 0.500. The first kappa shape index (κ1) is 12.1. The third kappa shape index (κ3) is 2.85. The molecule has 92 valence electrons. The number of carbonyl (C=O) groups excluding carboxylic acids is 1. The van der Waals surface area contributed by atoms with Crippen LogP contribution in [0.5, 0.6) is 0 Å². The zero-order chi connectivity index (χ0) is 12.3. The first-order valence-corrected chi connectivity index (χ1v) is 6.64. The maximum atomic E-state index is 12.0. The van der Waals surface area contributed by atoms with E-state index in [-0.39, 0.29) is 12.3 Å². The van der Waals surface area contributed by atoms with Crippen molar-refractivity contribution in [1.82, 2.24) is 4.90 Å². The highest BCUT2D eigenvalue weighted by Crippen LogP contribution is 2.24. The van der Waals surface area contributed by atoms with Crippen LogP contribution in [0.4, 0.5) is 0 Å². The molecule has 1 aromatic rings. The van der Waals surface area contributed by atoms with Gasteiger partial charge in [0.15, 0.2) is 0 Å². The number of hydrogen-bond donors (Lipinski definition) is 1. The van der Waals surface area contributed by atoms with Gasteiger partial charge in [-0.1, -0.05) is 0 Å². The molecule has 1 aromatic heterocycles. The average Bonchev–Trinajstić information content (AvgIpc) is 2.75. The van der Waals surface area contributed by atoms with Gasteiger partial charge in [-0.25, -0.2) is 0 Å². The summed E-state index contributed by atoms with van der Waals surface area (Å²) in [6.45, 7) is 1.43. The van der Waals surface area contributed by atoms with Gasteiger partial charge in [0.2, 0.25) is 0 Å². The Labute approximate surface area is 104 Å². The number of thiophene rings is 1. The lowest BCUT2D eigenvalue weighted by atomic mass is 10.1. The van der Waals surface area contributed by atoms with Crippen molar-refractivity contribution in [2.24, 2.45) is 0 Å². The second-order valence-corrected chi connectivity index (χ2v) is 5.08. The number of unbranched alkanes of at least 4 members (excludes halogenated alkanes) is 1. The molecule has 0 aliphatic carbocycles. The Hall–Kier alpha value is -1.36. The van der Waals surface area contributed by atoms with Crippen molar-refractivity contribution in [1.29, 1.82) is 0 Å². The molecule has 4 nitrogen and oxygen atoms in total. The number of fused-ring (bicyclic) bond motifs is 1. The van der Waals surface area contributed by atoms with E-state index in [9.17, 15) is 9.59 Å². The van der Waals surface area contributed by atoms with Gasteiger partial charge in [0.05, 0.1) is 4.88 Å². The van der Waals surface area contributed by atoms with E-state index in [1.54, 1.807) is 0 Å². The maximum absolute atomic E-state index is 12.0. The Kier molecular flexibility index (Phi) is 3.78. The summed E-state index contributed by atoms with van der Waals surface area (Å²) in [7, 11) is 0.